The fraction of sp³-hybridized carbons (Fsp3) is 0.292. The molecular formula is C48H60Cl5N11S4. The van der Waals surface area contributed by atoms with Gasteiger partial charge in [-0.25, -0.2) is 9.98 Å². The average molecular weight is 1100 g/mol. The van der Waals surface area contributed by atoms with Crippen molar-refractivity contribution >= 4 is 127 Å². The molecule has 0 saturated carbocycles. The number of thioether (sulfide) groups is 4. The van der Waals surface area contributed by atoms with Crippen LogP contribution in [0.4, 0.5) is 0 Å². The van der Waals surface area contributed by atoms with E-state index in [0.29, 0.717) is 31.4 Å². The molecule has 2 heterocycles. The Morgan fingerprint density at radius 3 is 1.10 bits per heavy atom. The molecule has 0 saturated heterocycles. The smallest absolute Gasteiger partial charge is 0.159 e. The lowest BCUT2D eigenvalue weighted by atomic mass is 10.1. The maximum Gasteiger partial charge on any atom is 0.159 e. The molecule has 0 aliphatic carbocycles. The third-order valence-electron chi connectivity index (χ3n) is 10.2. The molecule has 68 heavy (non-hydrogen) atoms. The summed E-state index contributed by atoms with van der Waals surface area (Å²) in [6.45, 7) is 5.52. The number of nitrogens with two attached hydrogens (primary N) is 3. The molecule has 0 spiro atoms. The summed E-state index contributed by atoms with van der Waals surface area (Å²) in [5, 5.41) is 26.0. The standard InChI is InChI=1S/C30H34Cl2N6S2.C10H14N4S2.C8H10ClN.2ClH/c31-27-11-5-3-7-23(27)13-15-37-19-33-29(34-20-37)39-17-25-9-1-2-10-26(25)18-40-30-35-21-38(22-36-30)16-14-24-8-4-6-12-28(24)32;11-9(12)15-5-7-3-1-2-4-8(7)6-16-10(13)14;9-8-4-2-1-3-7(8)5-6-10;;/h1-12H,13-22H2,(H,33,34)(H,35,36);1-4H,5-6H2,(H3,11,12)(H3,13,14);1-4H,5-6,10H2;2*1H. The molecule has 5 aromatic rings. The average Bonchev–Trinajstić information content (AvgIpc) is 3.33. The molecule has 7 rings (SSSR count). The first-order valence-corrected chi connectivity index (χ1v) is 26.4. The SMILES string of the molecule is Cl.Cl.Clc1ccccc1CCN1CN=C(SCc2ccccc2CSC2=NCN(CCc3ccccc3Cl)CN2)NC1.N=C(N)SCc1ccccc1CSC(=N)N.NCCc1ccccc1Cl. The fourth-order valence-electron chi connectivity index (χ4n) is 6.49. The van der Waals surface area contributed by atoms with Crippen molar-refractivity contribution in [1.29, 1.82) is 10.8 Å². The number of hydrogen-bond acceptors (Lipinski definition) is 13. The molecule has 0 radical (unpaired) electrons. The van der Waals surface area contributed by atoms with Crippen molar-refractivity contribution in [2.24, 2.45) is 27.2 Å². The maximum atomic E-state index is 7.17. The Labute approximate surface area is 446 Å². The van der Waals surface area contributed by atoms with Crippen LogP contribution in [0.3, 0.4) is 0 Å². The molecule has 0 unspecified atom stereocenters. The highest BCUT2D eigenvalue weighted by molar-refractivity contribution is 8.14. The minimum atomic E-state index is 0. The van der Waals surface area contributed by atoms with Crippen molar-refractivity contribution in [1.82, 2.24) is 20.4 Å². The van der Waals surface area contributed by atoms with E-state index in [2.05, 4.69) is 56.8 Å². The quantitative estimate of drug-likeness (QED) is 0.0369. The second-order valence-electron chi connectivity index (χ2n) is 14.9. The topological polar surface area (TPSA) is 181 Å². The number of benzene rings is 5. The molecule has 0 bridgehead atoms. The van der Waals surface area contributed by atoms with Gasteiger partial charge < -0.3 is 27.8 Å². The lowest BCUT2D eigenvalue weighted by Crippen LogP contribution is -2.42. The van der Waals surface area contributed by atoms with E-state index in [1.54, 1.807) is 23.5 Å². The van der Waals surface area contributed by atoms with Gasteiger partial charge in [-0.15, -0.1) is 24.8 Å². The highest BCUT2D eigenvalue weighted by atomic mass is 35.5. The zero-order valence-electron chi connectivity index (χ0n) is 37.6. The van der Waals surface area contributed by atoms with Crippen LogP contribution in [0.2, 0.25) is 15.1 Å². The van der Waals surface area contributed by atoms with Gasteiger partial charge in [0.2, 0.25) is 0 Å². The van der Waals surface area contributed by atoms with Gasteiger partial charge >= 0.3 is 0 Å². The summed E-state index contributed by atoms with van der Waals surface area (Å²) in [5.41, 5.74) is 24.4. The molecule has 366 valence electrons. The number of halogens is 5. The number of aliphatic imine (C=N–C) groups is 2. The molecule has 20 heteroatoms. The Balaban J connectivity index is 0.000000359. The van der Waals surface area contributed by atoms with Crippen molar-refractivity contribution in [2.45, 2.75) is 42.3 Å². The minimum absolute atomic E-state index is 0. The second-order valence-corrected chi connectivity index (χ2v) is 20.1. The molecule has 0 atom stereocenters. The first kappa shape index (κ1) is 59.0. The summed E-state index contributed by atoms with van der Waals surface area (Å²) < 4.78 is 0. The van der Waals surface area contributed by atoms with E-state index in [1.807, 2.05) is 84.9 Å². The molecule has 11 nitrogen and oxygen atoms in total. The van der Waals surface area contributed by atoms with Crippen molar-refractivity contribution in [3.8, 4) is 0 Å². The molecule has 2 aliphatic heterocycles. The normalized spacial score (nSPS) is 13.3. The van der Waals surface area contributed by atoms with Gasteiger partial charge in [0, 0.05) is 51.2 Å². The molecule has 0 amide bonds. The van der Waals surface area contributed by atoms with Crippen LogP contribution in [-0.2, 0) is 42.3 Å². The summed E-state index contributed by atoms with van der Waals surface area (Å²) >= 11 is 24.6. The van der Waals surface area contributed by atoms with Crippen LogP contribution in [0.1, 0.15) is 38.9 Å². The lowest BCUT2D eigenvalue weighted by molar-refractivity contribution is 0.270. The third-order valence-corrected chi connectivity index (χ3v) is 14.8. The fourth-order valence-corrected chi connectivity index (χ4v) is 10.1. The van der Waals surface area contributed by atoms with Crippen LogP contribution in [0.5, 0.6) is 0 Å². The second kappa shape index (κ2) is 33.3. The Bertz CT molecular complexity index is 2240. The van der Waals surface area contributed by atoms with Crippen LogP contribution in [0.15, 0.2) is 131 Å². The van der Waals surface area contributed by atoms with Gasteiger partial charge in [0.1, 0.15) is 0 Å². The number of nitrogens with zero attached hydrogens (tertiary/aromatic N) is 4. The van der Waals surface area contributed by atoms with Gasteiger partial charge in [0.15, 0.2) is 20.7 Å². The lowest BCUT2D eigenvalue weighted by Gasteiger charge is -2.27. The maximum absolute atomic E-state index is 7.17. The van der Waals surface area contributed by atoms with Gasteiger partial charge in [-0.1, -0.05) is 185 Å². The summed E-state index contributed by atoms with van der Waals surface area (Å²) in [7, 11) is 0. The van der Waals surface area contributed by atoms with E-state index in [4.69, 9.17) is 72.8 Å². The predicted octanol–water partition coefficient (Wildman–Crippen LogP) is 10.9. The third kappa shape index (κ3) is 21.8. The number of hydrogen-bond donors (Lipinski definition) is 7. The van der Waals surface area contributed by atoms with E-state index in [9.17, 15) is 0 Å². The van der Waals surface area contributed by atoms with Crippen molar-refractivity contribution < 1.29 is 0 Å². The van der Waals surface area contributed by atoms with Gasteiger partial charge in [-0.2, -0.15) is 0 Å². The van der Waals surface area contributed by atoms with Crippen LogP contribution in [-0.4, -0.2) is 76.8 Å². The Hall–Kier alpha value is -3.29. The predicted molar refractivity (Wildman–Crippen MR) is 305 cm³/mol. The van der Waals surface area contributed by atoms with Crippen molar-refractivity contribution in [3.63, 3.8) is 0 Å². The van der Waals surface area contributed by atoms with Crippen molar-refractivity contribution in [2.75, 3.05) is 46.3 Å². The van der Waals surface area contributed by atoms with E-state index in [0.717, 1.165) is 99.3 Å². The van der Waals surface area contributed by atoms with Crippen LogP contribution in [0, 0.1) is 10.8 Å². The first-order valence-electron chi connectivity index (χ1n) is 21.3. The largest absolute Gasteiger partial charge is 0.379 e. The number of amidine groups is 4. The van der Waals surface area contributed by atoms with E-state index < -0.39 is 0 Å². The molecule has 5 aromatic carbocycles. The van der Waals surface area contributed by atoms with Crippen LogP contribution >= 0.6 is 107 Å². The molecule has 2 aliphatic rings. The zero-order valence-corrected chi connectivity index (χ0v) is 44.7. The van der Waals surface area contributed by atoms with Gasteiger partial charge in [-0.05, 0) is 83.0 Å². The van der Waals surface area contributed by atoms with Crippen LogP contribution < -0.4 is 27.8 Å². The molecule has 10 N–H and O–H groups in total. The van der Waals surface area contributed by atoms with Crippen LogP contribution in [0.25, 0.3) is 0 Å². The molecular weight excluding hydrogens is 1040 g/mol. The number of rotatable bonds is 16. The van der Waals surface area contributed by atoms with Gasteiger partial charge in [0.25, 0.3) is 0 Å². The Morgan fingerprint density at radius 1 is 0.500 bits per heavy atom. The molecule has 0 aromatic heterocycles. The minimum Gasteiger partial charge on any atom is -0.379 e. The van der Waals surface area contributed by atoms with E-state index in [-0.39, 0.29) is 35.1 Å². The van der Waals surface area contributed by atoms with Gasteiger partial charge in [0.05, 0.1) is 26.7 Å². The van der Waals surface area contributed by atoms with Crippen molar-refractivity contribution in [3.05, 3.63) is 175 Å². The monoisotopic (exact) mass is 1090 g/mol. The Kier molecular flexibility index (Phi) is 28.9. The Morgan fingerprint density at radius 2 is 0.809 bits per heavy atom. The van der Waals surface area contributed by atoms with E-state index >= 15 is 0 Å². The molecule has 0 fully saturated rings. The van der Waals surface area contributed by atoms with E-state index in [1.165, 1.54) is 45.8 Å². The summed E-state index contributed by atoms with van der Waals surface area (Å²) in [6, 6.07) is 40.5. The zero-order chi connectivity index (χ0) is 46.9. The summed E-state index contributed by atoms with van der Waals surface area (Å²) in [6.07, 6.45) is 2.70. The summed E-state index contributed by atoms with van der Waals surface area (Å²) in [4.78, 5) is 14.1. The van der Waals surface area contributed by atoms with Gasteiger partial charge in [-0.3, -0.25) is 20.6 Å². The first-order chi connectivity index (χ1) is 32.1. The number of nitrogens with one attached hydrogen (secondary N) is 4. The highest BCUT2D eigenvalue weighted by Crippen LogP contribution is 2.25. The summed E-state index contributed by atoms with van der Waals surface area (Å²) in [5.74, 6) is 3.14. The highest BCUT2D eigenvalue weighted by Gasteiger charge is 2.16.